The number of anilines is 1. The molecule has 2 amide bonds. The van der Waals surface area contributed by atoms with Crippen molar-refractivity contribution < 1.29 is 14.3 Å². The van der Waals surface area contributed by atoms with Crippen molar-refractivity contribution in [2.45, 2.75) is 19.4 Å². The van der Waals surface area contributed by atoms with Crippen molar-refractivity contribution in [1.29, 1.82) is 0 Å². The molecule has 0 saturated heterocycles. The predicted molar refractivity (Wildman–Crippen MR) is 75.3 cm³/mol. The molecule has 0 unspecified atom stereocenters. The maximum Gasteiger partial charge on any atom is 0.255 e. The molecule has 0 bridgehead atoms. The van der Waals surface area contributed by atoms with Crippen molar-refractivity contribution in [3.63, 3.8) is 0 Å². The molecule has 1 atom stereocenters. The van der Waals surface area contributed by atoms with Crippen molar-refractivity contribution in [2.75, 3.05) is 11.9 Å². The Hall–Kier alpha value is -1.79. The average Bonchev–Trinajstić information content (AvgIpc) is 2.35. The first-order valence-electron chi connectivity index (χ1n) is 5.60. The van der Waals surface area contributed by atoms with Crippen LogP contribution >= 0.6 is 12.4 Å². The molecule has 0 aromatic heterocycles. The molecule has 5 N–H and O–H groups in total. The second kappa shape index (κ2) is 8.34. The Bertz CT molecular complexity index is 440. The first kappa shape index (κ1) is 17.2. The van der Waals surface area contributed by atoms with Crippen molar-refractivity contribution in [3.05, 3.63) is 24.3 Å². The summed E-state index contributed by atoms with van der Waals surface area (Å²) in [6, 6.07) is 6.13. The third kappa shape index (κ3) is 6.08. The van der Waals surface area contributed by atoms with Crippen molar-refractivity contribution in [3.8, 4) is 5.75 Å². The molecule has 6 nitrogen and oxygen atoms in total. The molecule has 7 heteroatoms. The molecule has 0 aliphatic rings. The molecular weight excluding hydrogens is 270 g/mol. The van der Waals surface area contributed by atoms with Crippen LogP contribution in [-0.2, 0) is 9.59 Å². The van der Waals surface area contributed by atoms with E-state index < -0.39 is 11.9 Å². The van der Waals surface area contributed by atoms with Gasteiger partial charge in [-0.15, -0.1) is 12.4 Å². The number of carbonyl (C=O) groups is 2. The number of rotatable bonds is 6. The number of amides is 2. The maximum atomic E-state index is 11.6. The molecule has 106 valence electrons. The van der Waals surface area contributed by atoms with Crippen molar-refractivity contribution in [2.24, 2.45) is 11.5 Å². The monoisotopic (exact) mass is 287 g/mol. The van der Waals surface area contributed by atoms with E-state index in [1.165, 1.54) is 0 Å². The second-order valence-corrected chi connectivity index (χ2v) is 3.79. The van der Waals surface area contributed by atoms with Gasteiger partial charge in [0.25, 0.3) is 5.91 Å². The van der Waals surface area contributed by atoms with Crippen LogP contribution in [0.2, 0.25) is 0 Å². The summed E-state index contributed by atoms with van der Waals surface area (Å²) in [4.78, 5) is 22.1. The molecule has 0 saturated carbocycles. The van der Waals surface area contributed by atoms with E-state index in [2.05, 4.69) is 5.32 Å². The first-order valence-corrected chi connectivity index (χ1v) is 5.60. The van der Waals surface area contributed by atoms with Gasteiger partial charge in [0, 0.05) is 11.8 Å². The number of carbonyl (C=O) groups excluding carboxylic acids is 2. The Balaban J connectivity index is 0.00000324. The van der Waals surface area contributed by atoms with Crippen LogP contribution < -0.4 is 21.5 Å². The van der Waals surface area contributed by atoms with Gasteiger partial charge in [0.1, 0.15) is 5.75 Å². The third-order valence-corrected chi connectivity index (χ3v) is 2.26. The van der Waals surface area contributed by atoms with Crippen LogP contribution in [0.1, 0.15) is 13.3 Å². The van der Waals surface area contributed by atoms with Crippen LogP contribution in [0.5, 0.6) is 5.75 Å². The predicted octanol–water partition coefficient (Wildman–Crippen LogP) is 0.648. The van der Waals surface area contributed by atoms with E-state index >= 15 is 0 Å². The van der Waals surface area contributed by atoms with Gasteiger partial charge in [0.2, 0.25) is 5.91 Å². The second-order valence-electron chi connectivity index (χ2n) is 3.79. The molecule has 0 aliphatic carbocycles. The molecule has 0 spiro atoms. The quantitative estimate of drug-likeness (QED) is 0.714. The van der Waals surface area contributed by atoms with Crippen LogP contribution in [0, 0.1) is 0 Å². The molecule has 1 aromatic carbocycles. The number of benzene rings is 1. The van der Waals surface area contributed by atoms with Gasteiger partial charge in [0.05, 0.1) is 6.04 Å². The van der Waals surface area contributed by atoms with Crippen molar-refractivity contribution >= 4 is 29.9 Å². The molecule has 0 aliphatic heterocycles. The number of nitrogens with one attached hydrogen (secondary N) is 1. The number of hydrogen-bond acceptors (Lipinski definition) is 4. The number of ether oxygens (including phenoxy) is 1. The lowest BCUT2D eigenvalue weighted by Gasteiger charge is -2.11. The minimum Gasteiger partial charge on any atom is -0.484 e. The summed E-state index contributed by atoms with van der Waals surface area (Å²) >= 11 is 0. The van der Waals surface area contributed by atoms with E-state index in [9.17, 15) is 9.59 Å². The van der Waals surface area contributed by atoms with Crippen molar-refractivity contribution in [1.82, 2.24) is 0 Å². The summed E-state index contributed by atoms with van der Waals surface area (Å²) in [6.07, 6.45) is 0.559. The Morgan fingerprint density at radius 1 is 1.42 bits per heavy atom. The standard InChI is InChI=1S/C12H17N3O3.ClH/c1-2-10(13)12(17)15-8-4-3-5-9(6-8)18-7-11(14)16;/h3-6,10H,2,7,13H2,1H3,(H2,14,16)(H,15,17);1H/t10-;/m0./s1. The van der Waals surface area contributed by atoms with Crippen LogP contribution in [-0.4, -0.2) is 24.5 Å². The number of nitrogens with two attached hydrogens (primary N) is 2. The lowest BCUT2D eigenvalue weighted by Crippen LogP contribution is -2.34. The molecule has 19 heavy (non-hydrogen) atoms. The third-order valence-electron chi connectivity index (χ3n) is 2.26. The highest BCUT2D eigenvalue weighted by atomic mass is 35.5. The van der Waals surface area contributed by atoms with E-state index in [-0.39, 0.29) is 24.9 Å². The van der Waals surface area contributed by atoms with Gasteiger partial charge in [-0.2, -0.15) is 0 Å². The normalized spacial score (nSPS) is 11.1. The SMILES string of the molecule is CC[C@H](N)C(=O)Nc1cccc(OCC(N)=O)c1.Cl. The summed E-state index contributed by atoms with van der Waals surface area (Å²) in [6.45, 7) is 1.63. The van der Waals surface area contributed by atoms with Gasteiger partial charge in [0.15, 0.2) is 6.61 Å². The van der Waals surface area contributed by atoms with Crippen LogP contribution in [0.15, 0.2) is 24.3 Å². The van der Waals surface area contributed by atoms with E-state index in [0.717, 1.165) is 0 Å². The number of hydrogen-bond donors (Lipinski definition) is 3. The lowest BCUT2D eigenvalue weighted by molar-refractivity contribution is -0.120. The maximum absolute atomic E-state index is 11.6. The van der Waals surface area contributed by atoms with E-state index in [1.807, 2.05) is 6.92 Å². The van der Waals surface area contributed by atoms with Gasteiger partial charge < -0.3 is 21.5 Å². The number of halogens is 1. The smallest absolute Gasteiger partial charge is 0.255 e. The largest absolute Gasteiger partial charge is 0.484 e. The van der Waals surface area contributed by atoms with Crippen LogP contribution in [0.25, 0.3) is 0 Å². The molecule has 0 radical (unpaired) electrons. The summed E-state index contributed by atoms with van der Waals surface area (Å²) in [5.41, 5.74) is 11.1. The Kier molecular flexibility index (Phi) is 7.55. The fourth-order valence-electron chi connectivity index (χ4n) is 1.24. The minimum atomic E-state index is -0.558. The van der Waals surface area contributed by atoms with Crippen LogP contribution in [0.4, 0.5) is 5.69 Å². The topological polar surface area (TPSA) is 107 Å². The molecular formula is C12H18ClN3O3. The first-order chi connectivity index (χ1) is 8.52. The molecule has 0 heterocycles. The van der Waals surface area contributed by atoms with E-state index in [1.54, 1.807) is 24.3 Å². The van der Waals surface area contributed by atoms with Gasteiger partial charge in [-0.1, -0.05) is 13.0 Å². The Morgan fingerprint density at radius 2 is 2.11 bits per heavy atom. The Morgan fingerprint density at radius 3 is 2.68 bits per heavy atom. The molecule has 1 rings (SSSR count). The van der Waals surface area contributed by atoms with Crippen LogP contribution in [0.3, 0.4) is 0 Å². The summed E-state index contributed by atoms with van der Waals surface area (Å²) < 4.78 is 5.12. The fourth-order valence-corrected chi connectivity index (χ4v) is 1.24. The van der Waals surface area contributed by atoms with Gasteiger partial charge in [-0.05, 0) is 18.6 Å². The molecule has 0 fully saturated rings. The zero-order chi connectivity index (χ0) is 13.5. The highest BCUT2D eigenvalue weighted by molar-refractivity contribution is 5.94. The summed E-state index contributed by atoms with van der Waals surface area (Å²) in [5.74, 6) is -0.362. The van der Waals surface area contributed by atoms with E-state index in [0.29, 0.717) is 17.9 Å². The Labute approximate surface area is 117 Å². The fraction of sp³-hybridized carbons (Fsp3) is 0.333. The zero-order valence-electron chi connectivity index (χ0n) is 10.6. The minimum absolute atomic E-state index is 0. The summed E-state index contributed by atoms with van der Waals surface area (Å²) in [5, 5.41) is 2.66. The average molecular weight is 288 g/mol. The molecule has 1 aromatic rings. The lowest BCUT2D eigenvalue weighted by atomic mass is 10.2. The summed E-state index contributed by atoms with van der Waals surface area (Å²) in [7, 11) is 0. The highest BCUT2D eigenvalue weighted by Crippen LogP contribution is 2.17. The zero-order valence-corrected chi connectivity index (χ0v) is 11.4. The van der Waals surface area contributed by atoms with Gasteiger partial charge >= 0.3 is 0 Å². The van der Waals surface area contributed by atoms with E-state index in [4.69, 9.17) is 16.2 Å². The highest BCUT2D eigenvalue weighted by Gasteiger charge is 2.11. The van der Waals surface area contributed by atoms with Gasteiger partial charge in [-0.25, -0.2) is 0 Å². The van der Waals surface area contributed by atoms with Gasteiger partial charge in [-0.3, -0.25) is 9.59 Å². The number of primary amides is 1.